The normalized spacial score (nSPS) is 22.8. The van der Waals surface area contributed by atoms with Crippen LogP contribution in [0.3, 0.4) is 0 Å². The molecule has 2 aliphatic rings. The molecule has 1 atom stereocenters. The van der Waals surface area contributed by atoms with E-state index >= 15 is 4.39 Å². The highest BCUT2D eigenvalue weighted by Gasteiger charge is 2.40. The number of carbonyl (C=O) groups excluding carboxylic acids is 1. The molecule has 0 radical (unpaired) electrons. The summed E-state index contributed by atoms with van der Waals surface area (Å²) in [5, 5.41) is 18.0. The summed E-state index contributed by atoms with van der Waals surface area (Å²) in [7, 11) is 0. The molecule has 0 unspecified atom stereocenters. The van der Waals surface area contributed by atoms with Gasteiger partial charge in [0.2, 0.25) is 0 Å². The van der Waals surface area contributed by atoms with Crippen LogP contribution in [-0.4, -0.2) is 59.6 Å². The van der Waals surface area contributed by atoms with Gasteiger partial charge in [0.15, 0.2) is 0 Å². The lowest BCUT2D eigenvalue weighted by atomic mass is 9.85. The third-order valence-electron chi connectivity index (χ3n) is 4.65. The lowest BCUT2D eigenvalue weighted by molar-refractivity contribution is 0.0526. The highest BCUT2D eigenvalue weighted by atomic mass is 19.1. The van der Waals surface area contributed by atoms with Crippen LogP contribution in [0.1, 0.15) is 18.4 Å². The molecule has 2 aliphatic heterocycles. The Balaban J connectivity index is 1.79. The largest absolute Gasteiger partial charge is 0.465 e. The first-order valence-electron chi connectivity index (χ1n) is 7.90. The number of hydrogen-bond acceptors (Lipinski definition) is 4. The Bertz CT molecular complexity index is 691. The summed E-state index contributed by atoms with van der Waals surface area (Å²) < 4.78 is 34.5. The molecule has 1 aromatic carbocycles. The van der Waals surface area contributed by atoms with Gasteiger partial charge in [0.05, 0.1) is 18.8 Å². The number of aliphatic hydroxyl groups is 1. The van der Waals surface area contributed by atoms with Gasteiger partial charge in [0.25, 0.3) is 0 Å². The zero-order valence-corrected chi connectivity index (χ0v) is 13.3. The fourth-order valence-corrected chi connectivity index (χ4v) is 3.18. The van der Waals surface area contributed by atoms with Crippen LogP contribution in [0.15, 0.2) is 18.2 Å². The van der Waals surface area contributed by atoms with Crippen LogP contribution < -0.4 is 4.90 Å². The van der Waals surface area contributed by atoms with Crippen molar-refractivity contribution in [1.29, 1.82) is 0 Å². The molecule has 0 bridgehead atoms. The molecule has 136 valence electrons. The number of amides is 2. The van der Waals surface area contributed by atoms with E-state index < -0.39 is 29.8 Å². The van der Waals surface area contributed by atoms with E-state index in [4.69, 9.17) is 14.9 Å². The first-order valence-corrected chi connectivity index (χ1v) is 7.90. The highest BCUT2D eigenvalue weighted by molar-refractivity contribution is 5.89. The fraction of sp³-hybridized carbons (Fsp3) is 0.500. The number of aliphatic hydroxyl groups excluding tert-OH is 1. The number of alkyl halides is 1. The Hall–Kier alpha value is -2.42. The second-order valence-corrected chi connectivity index (χ2v) is 6.20. The number of carbonyl (C=O) groups is 2. The number of benzene rings is 1. The number of halogens is 2. The first-order chi connectivity index (χ1) is 11.8. The minimum Gasteiger partial charge on any atom is -0.465 e. The van der Waals surface area contributed by atoms with Gasteiger partial charge in [0.1, 0.15) is 17.6 Å². The monoisotopic (exact) mass is 356 g/mol. The van der Waals surface area contributed by atoms with Gasteiger partial charge in [-0.25, -0.2) is 18.4 Å². The molecular weight excluding hydrogens is 338 g/mol. The van der Waals surface area contributed by atoms with Crippen LogP contribution in [0, 0.1) is 5.82 Å². The fourth-order valence-electron chi connectivity index (χ4n) is 3.18. The Morgan fingerprint density at radius 1 is 1.36 bits per heavy atom. The summed E-state index contributed by atoms with van der Waals surface area (Å²) in [6.45, 7) is -0.272. The van der Waals surface area contributed by atoms with Crippen molar-refractivity contribution in [3.05, 3.63) is 29.6 Å². The summed E-state index contributed by atoms with van der Waals surface area (Å²) in [6, 6.07) is 3.76. The number of anilines is 1. The van der Waals surface area contributed by atoms with E-state index in [-0.39, 0.29) is 50.3 Å². The molecule has 2 fully saturated rings. The van der Waals surface area contributed by atoms with Crippen molar-refractivity contribution in [3.8, 4) is 0 Å². The van der Waals surface area contributed by atoms with Crippen molar-refractivity contribution >= 4 is 17.9 Å². The quantitative estimate of drug-likeness (QED) is 0.865. The second kappa shape index (κ2) is 6.47. The SMILES string of the molecule is O=C(O)N1CCC(F)(c2ccc(N3C[C@H](CO)OC3=O)cc2F)CC1. The van der Waals surface area contributed by atoms with Gasteiger partial charge >= 0.3 is 12.2 Å². The summed E-state index contributed by atoms with van der Waals surface area (Å²) in [4.78, 5) is 24.9. The number of cyclic esters (lactones) is 1. The van der Waals surface area contributed by atoms with Crippen molar-refractivity contribution < 1.29 is 33.3 Å². The number of nitrogens with zero attached hydrogens (tertiary/aromatic N) is 2. The minimum atomic E-state index is -1.95. The summed E-state index contributed by atoms with van der Waals surface area (Å²) in [5.74, 6) is -0.802. The predicted molar refractivity (Wildman–Crippen MR) is 82.7 cm³/mol. The number of ether oxygens (including phenoxy) is 1. The molecule has 0 saturated carbocycles. The zero-order chi connectivity index (χ0) is 18.2. The van der Waals surface area contributed by atoms with Crippen molar-refractivity contribution in [2.24, 2.45) is 0 Å². The van der Waals surface area contributed by atoms with Crippen molar-refractivity contribution in [2.45, 2.75) is 24.6 Å². The summed E-state index contributed by atoms with van der Waals surface area (Å²) in [5.41, 5.74) is -1.88. The van der Waals surface area contributed by atoms with Crippen LogP contribution in [0.4, 0.5) is 24.1 Å². The Morgan fingerprint density at radius 3 is 2.56 bits per heavy atom. The van der Waals surface area contributed by atoms with E-state index in [9.17, 15) is 14.0 Å². The van der Waals surface area contributed by atoms with E-state index in [1.54, 1.807) is 0 Å². The maximum atomic E-state index is 15.1. The number of hydrogen-bond donors (Lipinski definition) is 2. The Labute approximate surface area is 142 Å². The van der Waals surface area contributed by atoms with E-state index in [0.717, 1.165) is 11.0 Å². The van der Waals surface area contributed by atoms with Crippen LogP contribution in [0.5, 0.6) is 0 Å². The van der Waals surface area contributed by atoms with Gasteiger partial charge in [-0.2, -0.15) is 0 Å². The Kier molecular flexibility index (Phi) is 4.51. The van der Waals surface area contributed by atoms with E-state index in [1.165, 1.54) is 17.0 Å². The Morgan fingerprint density at radius 2 is 2.04 bits per heavy atom. The zero-order valence-electron chi connectivity index (χ0n) is 13.3. The molecule has 1 aromatic rings. The number of likely N-dealkylation sites (tertiary alicyclic amines) is 1. The maximum absolute atomic E-state index is 15.1. The van der Waals surface area contributed by atoms with Crippen LogP contribution in [0.2, 0.25) is 0 Å². The van der Waals surface area contributed by atoms with E-state index in [2.05, 4.69) is 0 Å². The molecule has 0 aliphatic carbocycles. The van der Waals surface area contributed by atoms with Gasteiger partial charge in [-0.05, 0) is 12.1 Å². The second-order valence-electron chi connectivity index (χ2n) is 6.20. The predicted octanol–water partition coefficient (Wildman–Crippen LogP) is 2.08. The molecule has 9 heteroatoms. The van der Waals surface area contributed by atoms with E-state index in [1.807, 2.05) is 0 Å². The molecule has 2 amide bonds. The van der Waals surface area contributed by atoms with Crippen LogP contribution >= 0.6 is 0 Å². The molecular formula is C16H18F2N2O5. The molecule has 2 heterocycles. The van der Waals surface area contributed by atoms with Gasteiger partial charge in [-0.3, -0.25) is 4.90 Å². The first kappa shape index (κ1) is 17.4. The molecule has 3 rings (SSSR count). The minimum absolute atomic E-state index is 0.0103. The topological polar surface area (TPSA) is 90.3 Å². The third-order valence-corrected chi connectivity index (χ3v) is 4.65. The molecule has 2 N–H and O–H groups in total. The number of carboxylic acid groups (broad SMARTS) is 1. The van der Waals surface area contributed by atoms with Crippen LogP contribution in [0.25, 0.3) is 0 Å². The standard InChI is InChI=1S/C16H18F2N2O5/c17-13-7-10(20-8-11(9-21)25-15(20)24)1-2-12(13)16(18)3-5-19(6-4-16)14(22)23/h1-2,7,11,21H,3-6,8-9H2,(H,22,23)/t11-/m1/s1. The molecule has 2 saturated heterocycles. The average Bonchev–Trinajstić information content (AvgIpc) is 2.96. The maximum Gasteiger partial charge on any atom is 0.414 e. The van der Waals surface area contributed by atoms with Crippen LogP contribution in [-0.2, 0) is 10.4 Å². The summed E-state index contributed by atoms with van der Waals surface area (Å²) in [6.07, 6.45) is -2.76. The van der Waals surface area contributed by atoms with E-state index in [0.29, 0.717) is 0 Å². The van der Waals surface area contributed by atoms with Gasteiger partial charge in [-0.1, -0.05) is 6.07 Å². The number of piperidine rings is 1. The molecule has 25 heavy (non-hydrogen) atoms. The molecule has 0 aromatic heterocycles. The van der Waals surface area contributed by atoms with Gasteiger partial charge in [-0.15, -0.1) is 0 Å². The van der Waals surface area contributed by atoms with Crippen molar-refractivity contribution in [1.82, 2.24) is 4.90 Å². The lowest BCUT2D eigenvalue weighted by Gasteiger charge is -2.35. The third kappa shape index (κ3) is 3.23. The van der Waals surface area contributed by atoms with Crippen molar-refractivity contribution in [3.63, 3.8) is 0 Å². The summed E-state index contributed by atoms with van der Waals surface area (Å²) >= 11 is 0. The number of rotatable bonds is 3. The molecule has 0 spiro atoms. The van der Waals surface area contributed by atoms with Gasteiger partial charge < -0.3 is 19.8 Å². The van der Waals surface area contributed by atoms with Gasteiger partial charge in [0, 0.05) is 31.5 Å². The lowest BCUT2D eigenvalue weighted by Crippen LogP contribution is -2.43. The average molecular weight is 356 g/mol. The van der Waals surface area contributed by atoms with Crippen molar-refractivity contribution in [2.75, 3.05) is 31.1 Å². The smallest absolute Gasteiger partial charge is 0.414 e. The molecule has 7 nitrogen and oxygen atoms in total. The highest BCUT2D eigenvalue weighted by Crippen LogP contribution is 2.39.